The lowest BCUT2D eigenvalue weighted by Gasteiger charge is -2.42. The number of carbonyl (C=O) groups is 1. The molecule has 0 bridgehead atoms. The van der Waals surface area contributed by atoms with Gasteiger partial charge in [-0.05, 0) is 62.6 Å². The summed E-state index contributed by atoms with van der Waals surface area (Å²) in [6.45, 7) is 10.7. The molecule has 2 saturated heterocycles. The van der Waals surface area contributed by atoms with Gasteiger partial charge in [0.1, 0.15) is 0 Å². The van der Waals surface area contributed by atoms with Crippen molar-refractivity contribution in [2.75, 3.05) is 39.4 Å². The molecule has 1 aliphatic carbocycles. The monoisotopic (exact) mass is 370 g/mol. The first-order valence-corrected chi connectivity index (χ1v) is 10.7. The largest absolute Gasteiger partial charge is 0.381 e. The van der Waals surface area contributed by atoms with Gasteiger partial charge in [-0.3, -0.25) is 9.69 Å². The van der Waals surface area contributed by atoms with Crippen LogP contribution in [0.3, 0.4) is 0 Å². The van der Waals surface area contributed by atoms with Crippen LogP contribution in [0, 0.1) is 24.2 Å². The predicted molar refractivity (Wildman–Crippen MR) is 107 cm³/mol. The molecular formula is C23H34N2O2. The summed E-state index contributed by atoms with van der Waals surface area (Å²) in [6.07, 6.45) is 5.03. The quantitative estimate of drug-likeness (QED) is 0.768. The minimum absolute atomic E-state index is 0.223. The highest BCUT2D eigenvalue weighted by Gasteiger charge is 2.48. The van der Waals surface area contributed by atoms with Crippen molar-refractivity contribution < 1.29 is 9.53 Å². The lowest BCUT2D eigenvalue weighted by molar-refractivity contribution is -0.128. The molecule has 1 amide bonds. The Kier molecular flexibility index (Phi) is 5.56. The van der Waals surface area contributed by atoms with Crippen LogP contribution in [0.25, 0.3) is 0 Å². The third-order valence-corrected chi connectivity index (χ3v) is 7.01. The highest BCUT2D eigenvalue weighted by molar-refractivity contribution is 5.73. The average molecular weight is 371 g/mol. The number of benzene rings is 1. The minimum Gasteiger partial charge on any atom is -0.381 e. The summed E-state index contributed by atoms with van der Waals surface area (Å²) in [6, 6.07) is 8.91. The second-order valence-corrected chi connectivity index (χ2v) is 9.20. The summed E-state index contributed by atoms with van der Waals surface area (Å²) < 4.78 is 6.08. The zero-order chi connectivity index (χ0) is 18.9. The minimum atomic E-state index is 0.223. The second kappa shape index (κ2) is 7.92. The molecule has 27 heavy (non-hydrogen) atoms. The predicted octanol–water partition coefficient (Wildman–Crippen LogP) is 3.48. The van der Waals surface area contributed by atoms with E-state index in [9.17, 15) is 4.79 Å². The fourth-order valence-corrected chi connectivity index (χ4v) is 4.84. The van der Waals surface area contributed by atoms with Gasteiger partial charge in [0.05, 0.1) is 6.61 Å². The maximum absolute atomic E-state index is 12.0. The van der Waals surface area contributed by atoms with Crippen molar-refractivity contribution in [3.8, 4) is 0 Å². The van der Waals surface area contributed by atoms with Crippen LogP contribution in [0.4, 0.5) is 0 Å². The van der Waals surface area contributed by atoms with Crippen molar-refractivity contribution in [3.63, 3.8) is 0 Å². The molecule has 0 radical (unpaired) electrons. The molecule has 1 aromatic rings. The fraction of sp³-hybridized carbons (Fsp3) is 0.696. The van der Waals surface area contributed by atoms with E-state index in [0.717, 1.165) is 51.9 Å². The van der Waals surface area contributed by atoms with E-state index in [1.54, 1.807) is 6.92 Å². The van der Waals surface area contributed by atoms with Crippen LogP contribution in [-0.2, 0) is 16.1 Å². The SMILES string of the molecule is CC(=O)N1C[C@H](COCC2CC2)C2(CCN(Cc3ccc(C)cc3)CC2)C1. The molecule has 148 valence electrons. The molecule has 3 aliphatic rings. The molecule has 4 rings (SSSR count). The van der Waals surface area contributed by atoms with Gasteiger partial charge >= 0.3 is 0 Å². The average Bonchev–Trinajstić information content (AvgIpc) is 3.41. The number of carbonyl (C=O) groups excluding carboxylic acids is 1. The van der Waals surface area contributed by atoms with Gasteiger partial charge in [-0.2, -0.15) is 0 Å². The summed E-state index contributed by atoms with van der Waals surface area (Å²) in [5.41, 5.74) is 2.98. The maximum Gasteiger partial charge on any atom is 0.219 e. The highest BCUT2D eigenvalue weighted by atomic mass is 16.5. The standard InChI is InChI=1S/C23H34N2O2/c1-18-3-5-20(6-4-18)13-24-11-9-23(10-12-24)17-25(19(2)26)14-22(23)16-27-15-21-7-8-21/h3-6,21-22H,7-17H2,1-2H3/t22-/m1/s1. The Hall–Kier alpha value is -1.39. The lowest BCUT2D eigenvalue weighted by atomic mass is 9.71. The first kappa shape index (κ1) is 18.9. The van der Waals surface area contributed by atoms with Gasteiger partial charge in [0.2, 0.25) is 5.91 Å². The summed E-state index contributed by atoms with van der Waals surface area (Å²) in [7, 11) is 0. The smallest absolute Gasteiger partial charge is 0.219 e. The number of aryl methyl sites for hydroxylation is 1. The Balaban J connectivity index is 1.35. The maximum atomic E-state index is 12.0. The number of ether oxygens (including phenoxy) is 1. The molecule has 1 saturated carbocycles. The molecule has 3 fully saturated rings. The number of hydrogen-bond acceptors (Lipinski definition) is 3. The van der Waals surface area contributed by atoms with Gasteiger partial charge in [-0.1, -0.05) is 29.8 Å². The van der Waals surface area contributed by atoms with Gasteiger partial charge in [0, 0.05) is 39.1 Å². The molecule has 0 unspecified atom stereocenters. The summed E-state index contributed by atoms with van der Waals surface area (Å²) in [4.78, 5) is 16.7. The number of piperidine rings is 1. The zero-order valence-corrected chi connectivity index (χ0v) is 17.0. The summed E-state index contributed by atoms with van der Waals surface area (Å²) in [5, 5.41) is 0. The Bertz CT molecular complexity index is 645. The molecular weight excluding hydrogens is 336 g/mol. The van der Waals surface area contributed by atoms with Gasteiger partial charge < -0.3 is 9.64 Å². The zero-order valence-electron chi connectivity index (χ0n) is 17.0. The van der Waals surface area contributed by atoms with E-state index >= 15 is 0 Å². The van der Waals surface area contributed by atoms with E-state index in [0.29, 0.717) is 5.92 Å². The fourth-order valence-electron chi connectivity index (χ4n) is 4.84. The van der Waals surface area contributed by atoms with Crippen molar-refractivity contribution >= 4 is 5.91 Å². The second-order valence-electron chi connectivity index (χ2n) is 9.20. The van der Waals surface area contributed by atoms with Gasteiger partial charge in [0.25, 0.3) is 0 Å². The van der Waals surface area contributed by atoms with Gasteiger partial charge in [0.15, 0.2) is 0 Å². The number of rotatable bonds is 6. The topological polar surface area (TPSA) is 32.8 Å². The molecule has 0 aromatic heterocycles. The molecule has 2 heterocycles. The third kappa shape index (κ3) is 4.55. The third-order valence-electron chi connectivity index (χ3n) is 7.01. The van der Waals surface area contributed by atoms with E-state index in [4.69, 9.17) is 4.74 Å². The van der Waals surface area contributed by atoms with Crippen molar-refractivity contribution in [1.29, 1.82) is 0 Å². The highest BCUT2D eigenvalue weighted by Crippen LogP contribution is 2.45. The molecule has 1 spiro atoms. The van der Waals surface area contributed by atoms with Crippen LogP contribution in [0.2, 0.25) is 0 Å². The molecule has 1 atom stereocenters. The number of hydrogen-bond donors (Lipinski definition) is 0. The van der Waals surface area contributed by atoms with E-state index in [1.807, 2.05) is 0 Å². The van der Waals surface area contributed by atoms with Crippen molar-refractivity contribution in [2.24, 2.45) is 17.3 Å². The van der Waals surface area contributed by atoms with Gasteiger partial charge in [-0.25, -0.2) is 0 Å². The van der Waals surface area contributed by atoms with E-state index < -0.39 is 0 Å². The Labute approximate surface area is 163 Å². The van der Waals surface area contributed by atoms with Gasteiger partial charge in [-0.15, -0.1) is 0 Å². The first-order valence-electron chi connectivity index (χ1n) is 10.7. The molecule has 2 aliphatic heterocycles. The van der Waals surface area contributed by atoms with Crippen molar-refractivity contribution in [1.82, 2.24) is 9.80 Å². The number of likely N-dealkylation sites (tertiary alicyclic amines) is 2. The first-order chi connectivity index (χ1) is 13.0. The van der Waals surface area contributed by atoms with Crippen LogP contribution in [0.15, 0.2) is 24.3 Å². The normalized spacial score (nSPS) is 25.3. The van der Waals surface area contributed by atoms with Crippen molar-refractivity contribution in [3.05, 3.63) is 35.4 Å². The molecule has 0 N–H and O–H groups in total. The van der Waals surface area contributed by atoms with Crippen LogP contribution < -0.4 is 0 Å². The van der Waals surface area contributed by atoms with Crippen LogP contribution in [0.1, 0.15) is 43.7 Å². The molecule has 1 aromatic carbocycles. The van der Waals surface area contributed by atoms with Crippen LogP contribution in [-0.4, -0.2) is 55.1 Å². The number of amides is 1. The molecule has 4 heteroatoms. The van der Waals surface area contributed by atoms with Crippen LogP contribution in [0.5, 0.6) is 0 Å². The molecule has 4 nitrogen and oxygen atoms in total. The Morgan fingerprint density at radius 3 is 2.48 bits per heavy atom. The summed E-state index contributed by atoms with van der Waals surface area (Å²) in [5.74, 6) is 1.53. The summed E-state index contributed by atoms with van der Waals surface area (Å²) >= 11 is 0. The van der Waals surface area contributed by atoms with E-state index in [-0.39, 0.29) is 11.3 Å². The van der Waals surface area contributed by atoms with Crippen molar-refractivity contribution in [2.45, 2.75) is 46.1 Å². The Morgan fingerprint density at radius 2 is 1.85 bits per heavy atom. The lowest BCUT2D eigenvalue weighted by Crippen LogP contribution is -2.45. The Morgan fingerprint density at radius 1 is 1.15 bits per heavy atom. The number of nitrogens with zero attached hydrogens (tertiary/aromatic N) is 2. The van der Waals surface area contributed by atoms with Crippen LogP contribution >= 0.6 is 0 Å². The van der Waals surface area contributed by atoms with E-state index in [1.165, 1.54) is 36.8 Å². The van der Waals surface area contributed by atoms with E-state index in [2.05, 4.69) is 41.0 Å².